The van der Waals surface area contributed by atoms with Gasteiger partial charge >= 0.3 is 11.9 Å². The number of benzene rings is 2. The van der Waals surface area contributed by atoms with Gasteiger partial charge in [-0.05, 0) is 42.3 Å². The van der Waals surface area contributed by atoms with Gasteiger partial charge in [-0.25, -0.2) is 14.0 Å². The molecule has 1 atom stereocenters. The second-order valence-electron chi connectivity index (χ2n) is 6.90. The Hall–Kier alpha value is -3.75. The molecule has 2 rings (SSSR count). The zero-order chi connectivity index (χ0) is 23.0. The van der Waals surface area contributed by atoms with E-state index in [-0.39, 0.29) is 11.5 Å². The van der Waals surface area contributed by atoms with Crippen molar-refractivity contribution < 1.29 is 33.0 Å². The number of anilines is 1. The molecule has 0 fully saturated rings. The molecule has 0 spiro atoms. The highest BCUT2D eigenvalue weighted by Gasteiger charge is 2.27. The molecule has 164 valence electrons. The van der Waals surface area contributed by atoms with Gasteiger partial charge in [0, 0.05) is 5.69 Å². The highest BCUT2D eigenvalue weighted by molar-refractivity contribution is 5.98. The number of rotatable bonds is 8. The Kier molecular flexibility index (Phi) is 8.25. The van der Waals surface area contributed by atoms with Gasteiger partial charge in [0.05, 0.1) is 18.2 Å². The summed E-state index contributed by atoms with van der Waals surface area (Å²) < 4.78 is 23.4. The van der Waals surface area contributed by atoms with Crippen LogP contribution in [0.5, 0.6) is 0 Å². The Morgan fingerprint density at radius 2 is 1.65 bits per heavy atom. The Balaban J connectivity index is 1.92. The molecule has 31 heavy (non-hydrogen) atoms. The zero-order valence-electron chi connectivity index (χ0n) is 17.3. The van der Waals surface area contributed by atoms with Crippen LogP contribution in [-0.2, 0) is 19.1 Å². The molecule has 0 aliphatic carbocycles. The SMILES string of the molecule is COC(=O)c1ccc(NC(=O)COC(=O)[C@@H](NC(=O)c2ccccc2F)C(C)C)cc1. The molecule has 2 amide bonds. The van der Waals surface area contributed by atoms with E-state index in [1.165, 1.54) is 49.6 Å². The number of halogens is 1. The number of esters is 2. The summed E-state index contributed by atoms with van der Waals surface area (Å²) in [5, 5.41) is 4.96. The minimum Gasteiger partial charge on any atom is -0.465 e. The van der Waals surface area contributed by atoms with Gasteiger partial charge in [0.25, 0.3) is 11.8 Å². The van der Waals surface area contributed by atoms with E-state index < -0.39 is 42.2 Å². The average molecular weight is 430 g/mol. The highest BCUT2D eigenvalue weighted by Crippen LogP contribution is 2.12. The van der Waals surface area contributed by atoms with E-state index in [0.29, 0.717) is 11.3 Å². The van der Waals surface area contributed by atoms with Crippen molar-refractivity contribution in [2.45, 2.75) is 19.9 Å². The summed E-state index contributed by atoms with van der Waals surface area (Å²) in [5.74, 6) is -3.78. The molecular weight excluding hydrogens is 407 g/mol. The molecule has 0 saturated carbocycles. The van der Waals surface area contributed by atoms with Gasteiger partial charge in [0.15, 0.2) is 6.61 Å². The van der Waals surface area contributed by atoms with E-state index in [1.807, 2.05) is 0 Å². The van der Waals surface area contributed by atoms with Crippen molar-refractivity contribution in [3.8, 4) is 0 Å². The second-order valence-corrected chi connectivity index (χ2v) is 6.90. The van der Waals surface area contributed by atoms with E-state index in [1.54, 1.807) is 13.8 Å². The van der Waals surface area contributed by atoms with Gasteiger partial charge in [-0.3, -0.25) is 9.59 Å². The van der Waals surface area contributed by atoms with Crippen molar-refractivity contribution >= 4 is 29.4 Å². The molecule has 8 nitrogen and oxygen atoms in total. The number of ether oxygens (including phenoxy) is 2. The molecule has 2 N–H and O–H groups in total. The third-order valence-corrected chi connectivity index (χ3v) is 4.26. The molecule has 0 aromatic heterocycles. The van der Waals surface area contributed by atoms with Gasteiger partial charge in [-0.1, -0.05) is 26.0 Å². The van der Waals surface area contributed by atoms with Crippen molar-refractivity contribution in [1.29, 1.82) is 0 Å². The molecule has 0 heterocycles. The Morgan fingerprint density at radius 3 is 2.23 bits per heavy atom. The highest BCUT2D eigenvalue weighted by atomic mass is 19.1. The lowest BCUT2D eigenvalue weighted by atomic mass is 10.0. The minimum atomic E-state index is -1.07. The number of hydrogen-bond acceptors (Lipinski definition) is 6. The van der Waals surface area contributed by atoms with Crippen LogP contribution >= 0.6 is 0 Å². The first-order valence-corrected chi connectivity index (χ1v) is 9.43. The van der Waals surface area contributed by atoms with Crippen molar-refractivity contribution in [3.63, 3.8) is 0 Å². The fourth-order valence-electron chi connectivity index (χ4n) is 2.59. The Morgan fingerprint density at radius 1 is 1.00 bits per heavy atom. The first-order valence-electron chi connectivity index (χ1n) is 9.43. The summed E-state index contributed by atoms with van der Waals surface area (Å²) in [6, 6.07) is 10.3. The van der Waals surface area contributed by atoms with Crippen LogP contribution < -0.4 is 10.6 Å². The molecule has 0 bridgehead atoms. The minimum absolute atomic E-state index is 0.200. The van der Waals surface area contributed by atoms with Crippen LogP contribution in [0.4, 0.5) is 10.1 Å². The Labute approximate surface area is 178 Å². The number of carbonyl (C=O) groups is 4. The van der Waals surface area contributed by atoms with E-state index in [2.05, 4.69) is 15.4 Å². The van der Waals surface area contributed by atoms with Crippen molar-refractivity contribution in [1.82, 2.24) is 5.32 Å². The third kappa shape index (κ3) is 6.63. The van der Waals surface area contributed by atoms with Crippen LogP contribution in [-0.4, -0.2) is 43.5 Å². The van der Waals surface area contributed by atoms with Crippen molar-refractivity contribution in [2.75, 3.05) is 19.0 Å². The summed E-state index contributed by atoms with van der Waals surface area (Å²) >= 11 is 0. The van der Waals surface area contributed by atoms with E-state index in [0.717, 1.165) is 6.07 Å². The lowest BCUT2D eigenvalue weighted by Crippen LogP contribution is -2.46. The molecule has 0 aliphatic heterocycles. The van der Waals surface area contributed by atoms with Crippen molar-refractivity contribution in [3.05, 3.63) is 65.5 Å². The maximum atomic E-state index is 13.8. The summed E-state index contributed by atoms with van der Waals surface area (Å²) in [7, 11) is 1.26. The van der Waals surface area contributed by atoms with Gasteiger partial charge in [-0.15, -0.1) is 0 Å². The van der Waals surface area contributed by atoms with Crippen LogP contribution in [0.1, 0.15) is 34.6 Å². The fourth-order valence-corrected chi connectivity index (χ4v) is 2.59. The molecule has 0 aliphatic rings. The van der Waals surface area contributed by atoms with Crippen LogP contribution in [0, 0.1) is 11.7 Å². The topological polar surface area (TPSA) is 111 Å². The number of carbonyl (C=O) groups excluding carboxylic acids is 4. The molecule has 9 heteroatoms. The molecule has 0 saturated heterocycles. The number of amides is 2. The number of nitrogens with one attached hydrogen (secondary N) is 2. The predicted octanol–water partition coefficient (Wildman–Crippen LogP) is 2.55. The Bertz CT molecular complexity index is 959. The molecular formula is C22H23FN2O6. The normalized spacial score (nSPS) is 11.4. The van der Waals surface area contributed by atoms with Gasteiger partial charge in [0.2, 0.25) is 0 Å². The fraction of sp³-hybridized carbons (Fsp3) is 0.273. The number of hydrogen-bond donors (Lipinski definition) is 2. The maximum absolute atomic E-state index is 13.8. The maximum Gasteiger partial charge on any atom is 0.337 e. The lowest BCUT2D eigenvalue weighted by Gasteiger charge is -2.21. The summed E-state index contributed by atoms with van der Waals surface area (Å²) in [5.41, 5.74) is 0.508. The predicted molar refractivity (Wildman–Crippen MR) is 110 cm³/mol. The van der Waals surface area contributed by atoms with E-state index in [4.69, 9.17) is 4.74 Å². The summed E-state index contributed by atoms with van der Waals surface area (Å²) in [6.07, 6.45) is 0. The van der Waals surface area contributed by atoms with Crippen LogP contribution in [0.25, 0.3) is 0 Å². The molecule has 0 radical (unpaired) electrons. The van der Waals surface area contributed by atoms with Gasteiger partial charge < -0.3 is 20.1 Å². The second kappa shape index (κ2) is 10.9. The first kappa shape index (κ1) is 23.5. The standard InChI is InChI=1S/C22H23FN2O6/c1-13(2)19(25-20(27)16-6-4-5-7-17(16)23)22(29)31-12-18(26)24-15-10-8-14(9-11-15)21(28)30-3/h4-11,13,19H,12H2,1-3H3,(H,24,26)(H,25,27)/t19-/m0/s1. The number of methoxy groups -OCH3 is 1. The lowest BCUT2D eigenvalue weighted by molar-refractivity contribution is -0.150. The van der Waals surface area contributed by atoms with E-state index >= 15 is 0 Å². The smallest absolute Gasteiger partial charge is 0.337 e. The van der Waals surface area contributed by atoms with Gasteiger partial charge in [0.1, 0.15) is 11.9 Å². The van der Waals surface area contributed by atoms with Gasteiger partial charge in [-0.2, -0.15) is 0 Å². The average Bonchev–Trinajstić information content (AvgIpc) is 2.75. The molecule has 0 unspecified atom stereocenters. The monoisotopic (exact) mass is 430 g/mol. The third-order valence-electron chi connectivity index (χ3n) is 4.26. The molecule has 2 aromatic rings. The van der Waals surface area contributed by atoms with Crippen molar-refractivity contribution in [2.24, 2.45) is 5.92 Å². The first-order chi connectivity index (χ1) is 14.7. The molecule has 2 aromatic carbocycles. The van der Waals surface area contributed by atoms with Crippen LogP contribution in [0.3, 0.4) is 0 Å². The zero-order valence-corrected chi connectivity index (χ0v) is 17.3. The van der Waals surface area contributed by atoms with E-state index in [9.17, 15) is 23.6 Å². The quantitative estimate of drug-likeness (QED) is 0.623. The summed E-state index contributed by atoms with van der Waals surface area (Å²) in [6.45, 7) is 2.77. The van der Waals surface area contributed by atoms with Crippen LogP contribution in [0.15, 0.2) is 48.5 Å². The summed E-state index contributed by atoms with van der Waals surface area (Å²) in [4.78, 5) is 48.1. The largest absolute Gasteiger partial charge is 0.465 e. The van der Waals surface area contributed by atoms with Crippen LogP contribution in [0.2, 0.25) is 0 Å².